The van der Waals surface area contributed by atoms with Crippen molar-refractivity contribution in [3.8, 4) is 11.8 Å². The van der Waals surface area contributed by atoms with Gasteiger partial charge in [0, 0.05) is 43.2 Å². The average Bonchev–Trinajstić information content (AvgIpc) is 2.98. The van der Waals surface area contributed by atoms with E-state index in [1.54, 1.807) is 22.4 Å². The number of carbonyl (C=O) groups is 1. The molecule has 0 aliphatic carbocycles. The number of rotatable bonds is 2. The number of anilines is 1. The molecule has 0 unspecified atom stereocenters. The summed E-state index contributed by atoms with van der Waals surface area (Å²) in [5.74, 6) is 5.47. The van der Waals surface area contributed by atoms with Crippen LogP contribution in [-0.4, -0.2) is 42.0 Å². The molecule has 1 fully saturated rings. The Kier molecular flexibility index (Phi) is 3.89. The molecule has 1 aliphatic heterocycles. The predicted molar refractivity (Wildman–Crippen MR) is 84.2 cm³/mol. The summed E-state index contributed by atoms with van der Waals surface area (Å²) >= 11 is 1.62. The van der Waals surface area contributed by atoms with Crippen molar-refractivity contribution < 1.29 is 4.79 Å². The summed E-state index contributed by atoms with van der Waals surface area (Å²) in [7, 11) is 1.81. The topological polar surface area (TPSA) is 36.4 Å². The lowest BCUT2D eigenvalue weighted by Crippen LogP contribution is -2.59. The number of nitrogens with zero attached hydrogens (tertiary/aromatic N) is 3. The molecule has 4 nitrogen and oxygen atoms in total. The Morgan fingerprint density at radius 2 is 2.14 bits per heavy atom. The number of likely N-dealkylation sites (N-methyl/N-ethyl adjacent to an activating group) is 1. The van der Waals surface area contributed by atoms with E-state index >= 15 is 0 Å². The molecule has 1 amide bonds. The standard InChI is InChI=1S/C16H15N3OS/c1-18(14-11-19(12-14)16-17-9-10-21-16)15(20)8-7-13-5-3-2-4-6-13/h2-6,9-10,14H,11-12H2,1H3. The zero-order valence-corrected chi connectivity index (χ0v) is 12.5. The molecule has 0 N–H and O–H groups in total. The van der Waals surface area contributed by atoms with Crippen molar-refractivity contribution in [2.45, 2.75) is 6.04 Å². The van der Waals surface area contributed by atoms with Crippen LogP contribution in [0, 0.1) is 11.8 Å². The van der Waals surface area contributed by atoms with Gasteiger partial charge in [-0.2, -0.15) is 0 Å². The van der Waals surface area contributed by atoms with Gasteiger partial charge in [0.1, 0.15) is 0 Å². The predicted octanol–water partition coefficient (Wildman–Crippen LogP) is 1.84. The van der Waals surface area contributed by atoms with Gasteiger partial charge in [0.2, 0.25) is 0 Å². The number of amides is 1. The van der Waals surface area contributed by atoms with Crippen LogP contribution in [0.5, 0.6) is 0 Å². The Balaban J connectivity index is 1.56. The normalized spacial score (nSPS) is 14.0. The van der Waals surface area contributed by atoms with E-state index in [9.17, 15) is 4.79 Å². The molecule has 2 heterocycles. The Morgan fingerprint density at radius 3 is 2.81 bits per heavy atom. The molecule has 1 saturated heterocycles. The molecule has 0 spiro atoms. The first kappa shape index (κ1) is 13.7. The molecule has 3 rings (SSSR count). The lowest BCUT2D eigenvalue weighted by atomic mass is 10.1. The van der Waals surface area contributed by atoms with Crippen molar-refractivity contribution in [3.63, 3.8) is 0 Å². The van der Waals surface area contributed by atoms with Crippen molar-refractivity contribution in [2.75, 3.05) is 25.0 Å². The molecule has 1 aromatic heterocycles. The van der Waals surface area contributed by atoms with Gasteiger partial charge in [0.05, 0.1) is 6.04 Å². The average molecular weight is 297 g/mol. The molecule has 21 heavy (non-hydrogen) atoms. The summed E-state index contributed by atoms with van der Waals surface area (Å²) in [6.07, 6.45) is 1.80. The van der Waals surface area contributed by atoms with Crippen molar-refractivity contribution in [1.82, 2.24) is 9.88 Å². The van der Waals surface area contributed by atoms with Gasteiger partial charge in [-0.1, -0.05) is 24.1 Å². The maximum absolute atomic E-state index is 12.1. The van der Waals surface area contributed by atoms with Crippen LogP contribution in [0.25, 0.3) is 0 Å². The monoisotopic (exact) mass is 297 g/mol. The lowest BCUT2D eigenvalue weighted by molar-refractivity contribution is -0.126. The van der Waals surface area contributed by atoms with Crippen LogP contribution >= 0.6 is 11.3 Å². The molecule has 0 bridgehead atoms. The van der Waals surface area contributed by atoms with E-state index in [1.807, 2.05) is 42.8 Å². The molecule has 0 radical (unpaired) electrons. The van der Waals surface area contributed by atoms with Crippen molar-refractivity contribution in [2.24, 2.45) is 0 Å². The van der Waals surface area contributed by atoms with Gasteiger partial charge in [-0.15, -0.1) is 11.3 Å². The summed E-state index contributed by atoms with van der Waals surface area (Å²) in [6, 6.07) is 9.76. The van der Waals surface area contributed by atoms with Crippen molar-refractivity contribution in [3.05, 3.63) is 47.5 Å². The Bertz CT molecular complexity index is 667. The van der Waals surface area contributed by atoms with Crippen LogP contribution in [0.2, 0.25) is 0 Å². The second-order valence-corrected chi connectivity index (χ2v) is 5.78. The van der Waals surface area contributed by atoms with E-state index in [0.29, 0.717) is 0 Å². The van der Waals surface area contributed by atoms with E-state index in [2.05, 4.69) is 21.7 Å². The number of aromatic nitrogens is 1. The highest BCUT2D eigenvalue weighted by Gasteiger charge is 2.33. The van der Waals surface area contributed by atoms with Crippen LogP contribution in [0.4, 0.5) is 5.13 Å². The summed E-state index contributed by atoms with van der Waals surface area (Å²) in [6.45, 7) is 1.64. The minimum Gasteiger partial charge on any atom is -0.344 e. The van der Waals surface area contributed by atoms with Crippen molar-refractivity contribution >= 4 is 22.4 Å². The molecular weight excluding hydrogens is 282 g/mol. The lowest BCUT2D eigenvalue weighted by Gasteiger charge is -2.43. The van der Waals surface area contributed by atoms with Gasteiger partial charge in [0.25, 0.3) is 5.91 Å². The summed E-state index contributed by atoms with van der Waals surface area (Å²) < 4.78 is 0. The summed E-state index contributed by atoms with van der Waals surface area (Å²) in [4.78, 5) is 20.2. The van der Waals surface area contributed by atoms with E-state index in [4.69, 9.17) is 0 Å². The SMILES string of the molecule is CN(C(=O)C#Cc1ccccc1)C1CN(c2nccs2)C1. The fraction of sp³-hybridized carbons (Fsp3) is 0.250. The van der Waals surface area contributed by atoms with Crippen molar-refractivity contribution in [1.29, 1.82) is 0 Å². The fourth-order valence-corrected chi connectivity index (χ4v) is 2.79. The number of hydrogen-bond donors (Lipinski definition) is 0. The number of benzene rings is 1. The van der Waals surface area contributed by atoms with E-state index in [-0.39, 0.29) is 11.9 Å². The number of hydrogen-bond acceptors (Lipinski definition) is 4. The fourth-order valence-electron chi connectivity index (χ4n) is 2.13. The van der Waals surface area contributed by atoms with Crippen LogP contribution in [0.3, 0.4) is 0 Å². The van der Waals surface area contributed by atoms with Gasteiger partial charge >= 0.3 is 0 Å². The third kappa shape index (κ3) is 3.06. The molecule has 2 aromatic rings. The van der Waals surface area contributed by atoms with Crippen LogP contribution in [0.1, 0.15) is 5.56 Å². The minimum absolute atomic E-state index is 0.136. The second-order valence-electron chi connectivity index (χ2n) is 4.91. The third-order valence-electron chi connectivity index (χ3n) is 3.51. The smallest absolute Gasteiger partial charge is 0.298 e. The molecule has 1 aromatic carbocycles. The van der Waals surface area contributed by atoms with Gasteiger partial charge in [-0.05, 0) is 12.1 Å². The molecule has 0 saturated carbocycles. The second kappa shape index (κ2) is 5.98. The van der Waals surface area contributed by atoms with Gasteiger partial charge < -0.3 is 9.80 Å². The van der Waals surface area contributed by atoms with Gasteiger partial charge in [-0.3, -0.25) is 4.79 Å². The first-order valence-corrected chi connectivity index (χ1v) is 7.60. The maximum Gasteiger partial charge on any atom is 0.298 e. The molecule has 0 atom stereocenters. The largest absolute Gasteiger partial charge is 0.344 e. The highest BCUT2D eigenvalue weighted by molar-refractivity contribution is 7.13. The number of carbonyl (C=O) groups excluding carboxylic acids is 1. The van der Waals surface area contributed by atoms with E-state index < -0.39 is 0 Å². The quantitative estimate of drug-likeness (QED) is 0.794. The minimum atomic E-state index is -0.136. The van der Waals surface area contributed by atoms with Crippen LogP contribution in [-0.2, 0) is 4.79 Å². The van der Waals surface area contributed by atoms with Gasteiger partial charge in [0.15, 0.2) is 5.13 Å². The summed E-state index contributed by atoms with van der Waals surface area (Å²) in [5, 5.41) is 2.98. The van der Waals surface area contributed by atoms with E-state index in [0.717, 1.165) is 23.8 Å². The third-order valence-corrected chi connectivity index (χ3v) is 4.34. The number of thiazole rings is 1. The Hall–Kier alpha value is -2.32. The van der Waals surface area contributed by atoms with Gasteiger partial charge in [-0.25, -0.2) is 4.98 Å². The van der Waals surface area contributed by atoms with Crippen LogP contribution < -0.4 is 4.90 Å². The molecule has 1 aliphatic rings. The van der Waals surface area contributed by atoms with Crippen LogP contribution in [0.15, 0.2) is 41.9 Å². The molecule has 106 valence electrons. The highest BCUT2D eigenvalue weighted by Crippen LogP contribution is 2.24. The maximum atomic E-state index is 12.1. The highest BCUT2D eigenvalue weighted by atomic mass is 32.1. The zero-order valence-electron chi connectivity index (χ0n) is 11.7. The summed E-state index contributed by atoms with van der Waals surface area (Å²) in [5.41, 5.74) is 0.859. The first-order valence-electron chi connectivity index (χ1n) is 6.72. The molecule has 5 heteroatoms. The zero-order chi connectivity index (χ0) is 14.7. The van der Waals surface area contributed by atoms with E-state index in [1.165, 1.54) is 0 Å². The molecular formula is C16H15N3OS. The Labute approximate surface area is 128 Å². The first-order chi connectivity index (χ1) is 10.2. The Morgan fingerprint density at radius 1 is 1.38 bits per heavy atom.